The summed E-state index contributed by atoms with van der Waals surface area (Å²) in [6.45, 7) is 2.30. The fourth-order valence-corrected chi connectivity index (χ4v) is 4.05. The Morgan fingerprint density at radius 3 is 2.58 bits per heavy atom. The summed E-state index contributed by atoms with van der Waals surface area (Å²) in [7, 11) is 1.98. The van der Waals surface area contributed by atoms with Crippen LogP contribution in [0, 0.1) is 6.92 Å². The van der Waals surface area contributed by atoms with E-state index in [1.165, 1.54) is 4.90 Å². The number of amides is 2. The monoisotopic (exact) mass is 362 g/mol. The largest absolute Gasteiger partial charge is 0.350 e. The molecule has 0 aliphatic carbocycles. The maximum Gasteiger partial charge on any atom is 0.293 e. The van der Waals surface area contributed by atoms with Crippen LogP contribution < -0.4 is 0 Å². The van der Waals surface area contributed by atoms with Crippen LogP contribution in [-0.4, -0.2) is 20.6 Å². The first-order valence-electron chi connectivity index (χ1n) is 8.38. The van der Waals surface area contributed by atoms with Crippen LogP contribution in [0.5, 0.6) is 0 Å². The fraction of sp³-hybridized carbons (Fsp3) is 0.143. The lowest BCUT2D eigenvalue weighted by Gasteiger charge is -2.14. The number of para-hydroxylation sites is 1. The molecule has 0 unspecified atom stereocenters. The van der Waals surface area contributed by atoms with E-state index >= 15 is 0 Å². The summed E-state index contributed by atoms with van der Waals surface area (Å²) in [5.41, 5.74) is 4.10. The molecule has 1 aliphatic heterocycles. The zero-order valence-corrected chi connectivity index (χ0v) is 15.4. The van der Waals surface area contributed by atoms with Crippen molar-refractivity contribution in [2.45, 2.75) is 13.5 Å². The summed E-state index contributed by atoms with van der Waals surface area (Å²) in [6.07, 6.45) is 3.81. The Morgan fingerprint density at radius 2 is 1.77 bits per heavy atom. The zero-order chi connectivity index (χ0) is 18.3. The molecule has 2 aromatic carbocycles. The van der Waals surface area contributed by atoms with Crippen molar-refractivity contribution in [3.8, 4) is 0 Å². The first-order valence-corrected chi connectivity index (χ1v) is 9.20. The van der Waals surface area contributed by atoms with Crippen LogP contribution in [0.2, 0.25) is 0 Å². The van der Waals surface area contributed by atoms with Gasteiger partial charge in [-0.15, -0.1) is 0 Å². The molecule has 0 radical (unpaired) electrons. The maximum absolute atomic E-state index is 12.8. The van der Waals surface area contributed by atoms with Gasteiger partial charge in [0.25, 0.3) is 11.1 Å². The summed E-state index contributed by atoms with van der Waals surface area (Å²) in [6, 6.07) is 15.8. The van der Waals surface area contributed by atoms with E-state index in [2.05, 4.69) is 0 Å². The third kappa shape index (κ3) is 2.84. The van der Waals surface area contributed by atoms with Crippen molar-refractivity contribution in [1.29, 1.82) is 0 Å². The average Bonchev–Trinajstić information content (AvgIpc) is 3.09. The Bertz CT molecular complexity index is 1060. The summed E-state index contributed by atoms with van der Waals surface area (Å²) < 4.78 is 2.03. The molecule has 2 heterocycles. The highest BCUT2D eigenvalue weighted by molar-refractivity contribution is 8.18. The van der Waals surface area contributed by atoms with Crippen LogP contribution in [0.15, 0.2) is 59.6 Å². The molecule has 4 nitrogen and oxygen atoms in total. The molecule has 1 saturated heterocycles. The molecule has 2 amide bonds. The minimum Gasteiger partial charge on any atom is -0.350 e. The minimum atomic E-state index is -0.226. The highest BCUT2D eigenvalue weighted by atomic mass is 32.2. The normalized spacial score (nSPS) is 16.2. The van der Waals surface area contributed by atoms with Crippen molar-refractivity contribution in [3.63, 3.8) is 0 Å². The van der Waals surface area contributed by atoms with Crippen molar-refractivity contribution >= 4 is 39.9 Å². The van der Waals surface area contributed by atoms with E-state index in [1.807, 2.05) is 79.3 Å². The van der Waals surface area contributed by atoms with Gasteiger partial charge >= 0.3 is 0 Å². The van der Waals surface area contributed by atoms with E-state index in [9.17, 15) is 9.59 Å². The number of hydrogen-bond donors (Lipinski definition) is 0. The third-order valence-corrected chi connectivity index (χ3v) is 5.59. The average molecular weight is 362 g/mol. The first-order chi connectivity index (χ1) is 12.5. The maximum atomic E-state index is 12.8. The summed E-state index contributed by atoms with van der Waals surface area (Å²) in [5.74, 6) is -0.226. The SMILES string of the molecule is Cc1ccccc1CN1C(=O)S/C(=C\c2cn(C)c3ccccc23)C1=O. The molecule has 0 atom stereocenters. The van der Waals surface area contributed by atoms with E-state index in [0.29, 0.717) is 11.4 Å². The Balaban J connectivity index is 1.66. The molecule has 26 heavy (non-hydrogen) atoms. The number of benzene rings is 2. The van der Waals surface area contributed by atoms with Crippen LogP contribution in [0.3, 0.4) is 0 Å². The van der Waals surface area contributed by atoms with Gasteiger partial charge in [-0.2, -0.15) is 0 Å². The predicted molar refractivity (Wildman–Crippen MR) is 106 cm³/mol. The number of hydrogen-bond acceptors (Lipinski definition) is 3. The number of nitrogens with zero attached hydrogens (tertiary/aromatic N) is 2. The number of aryl methyl sites for hydroxylation is 2. The van der Waals surface area contributed by atoms with Crippen molar-refractivity contribution in [3.05, 3.63) is 76.3 Å². The van der Waals surface area contributed by atoms with Gasteiger partial charge in [0.2, 0.25) is 0 Å². The summed E-state index contributed by atoms with van der Waals surface area (Å²) in [4.78, 5) is 27.0. The van der Waals surface area contributed by atoms with E-state index < -0.39 is 0 Å². The molecule has 0 bridgehead atoms. The van der Waals surface area contributed by atoms with Crippen LogP contribution in [0.1, 0.15) is 16.7 Å². The van der Waals surface area contributed by atoms with Crippen molar-refractivity contribution in [2.24, 2.45) is 7.05 Å². The second kappa shape index (κ2) is 6.50. The number of rotatable bonds is 3. The molecule has 0 N–H and O–H groups in total. The Hall–Kier alpha value is -2.79. The van der Waals surface area contributed by atoms with Crippen LogP contribution in [-0.2, 0) is 18.4 Å². The van der Waals surface area contributed by atoms with Gasteiger partial charge < -0.3 is 4.57 Å². The second-order valence-corrected chi connectivity index (χ2v) is 7.40. The smallest absolute Gasteiger partial charge is 0.293 e. The van der Waals surface area contributed by atoms with Crippen LogP contribution in [0.4, 0.5) is 4.79 Å². The van der Waals surface area contributed by atoms with Gasteiger partial charge in [-0.25, -0.2) is 0 Å². The quantitative estimate of drug-likeness (QED) is 0.633. The van der Waals surface area contributed by atoms with E-state index in [4.69, 9.17) is 0 Å². The van der Waals surface area contributed by atoms with Gasteiger partial charge in [0.05, 0.1) is 11.4 Å². The molecule has 0 saturated carbocycles. The molecular formula is C21H18N2O2S. The van der Waals surface area contributed by atoms with Crippen molar-refractivity contribution < 1.29 is 9.59 Å². The van der Waals surface area contributed by atoms with Gasteiger partial charge in [0.1, 0.15) is 0 Å². The minimum absolute atomic E-state index is 0.218. The number of carbonyl (C=O) groups excluding carboxylic acids is 2. The number of thioether (sulfide) groups is 1. The van der Waals surface area contributed by atoms with Crippen molar-refractivity contribution in [1.82, 2.24) is 9.47 Å². The zero-order valence-electron chi connectivity index (χ0n) is 14.6. The lowest BCUT2D eigenvalue weighted by molar-refractivity contribution is -0.123. The van der Waals surface area contributed by atoms with Gasteiger partial charge in [0.15, 0.2) is 0 Å². The summed E-state index contributed by atoms with van der Waals surface area (Å²) >= 11 is 1.01. The first kappa shape index (κ1) is 16.7. The molecule has 1 aromatic heterocycles. The molecule has 1 aliphatic rings. The molecule has 5 heteroatoms. The number of carbonyl (C=O) groups is 2. The fourth-order valence-electron chi connectivity index (χ4n) is 3.22. The highest BCUT2D eigenvalue weighted by Gasteiger charge is 2.35. The lowest BCUT2D eigenvalue weighted by Crippen LogP contribution is -2.27. The van der Waals surface area contributed by atoms with Gasteiger partial charge in [-0.3, -0.25) is 14.5 Å². The highest BCUT2D eigenvalue weighted by Crippen LogP contribution is 2.35. The second-order valence-electron chi connectivity index (χ2n) is 6.41. The van der Waals surface area contributed by atoms with E-state index in [-0.39, 0.29) is 11.1 Å². The summed E-state index contributed by atoms with van der Waals surface area (Å²) in [5, 5.41) is 0.852. The Kier molecular flexibility index (Phi) is 4.17. The number of fused-ring (bicyclic) bond motifs is 1. The molecule has 4 rings (SSSR count). The topological polar surface area (TPSA) is 42.3 Å². The Morgan fingerprint density at radius 1 is 1.04 bits per heavy atom. The molecule has 0 spiro atoms. The number of aromatic nitrogens is 1. The van der Waals surface area contributed by atoms with Gasteiger partial charge in [-0.05, 0) is 42.0 Å². The van der Waals surface area contributed by atoms with E-state index in [1.54, 1.807) is 0 Å². The van der Waals surface area contributed by atoms with Crippen molar-refractivity contribution in [2.75, 3.05) is 0 Å². The Labute approximate surface area is 156 Å². The molecule has 1 fully saturated rings. The lowest BCUT2D eigenvalue weighted by atomic mass is 10.1. The standard InChI is InChI=1S/C21H18N2O2S/c1-14-7-3-4-8-15(14)13-23-20(24)19(26-21(23)25)11-16-12-22(2)18-10-6-5-9-17(16)18/h3-12H,13H2,1-2H3/b19-11-. The molecule has 3 aromatic rings. The molecular weight excluding hydrogens is 344 g/mol. The van der Waals surface area contributed by atoms with E-state index in [0.717, 1.165) is 39.4 Å². The van der Waals surface area contributed by atoms with Crippen LogP contribution in [0.25, 0.3) is 17.0 Å². The van der Waals surface area contributed by atoms with Gasteiger partial charge in [0, 0.05) is 29.7 Å². The molecule has 130 valence electrons. The van der Waals surface area contributed by atoms with Gasteiger partial charge in [-0.1, -0.05) is 42.5 Å². The van der Waals surface area contributed by atoms with Crippen LogP contribution >= 0.6 is 11.8 Å². The number of imide groups is 1. The predicted octanol–water partition coefficient (Wildman–Crippen LogP) is 4.72. The third-order valence-electron chi connectivity index (χ3n) is 4.68.